The van der Waals surface area contributed by atoms with Gasteiger partial charge < -0.3 is 14.8 Å². The molecule has 142 valence electrons. The van der Waals surface area contributed by atoms with Crippen LogP contribution in [0.25, 0.3) is 28.1 Å². The maximum absolute atomic E-state index is 11.6. The molecule has 2 aromatic heterocycles. The lowest BCUT2D eigenvalue weighted by Crippen LogP contribution is -2.09. The average Bonchev–Trinajstić information content (AvgIpc) is 3.15. The lowest BCUT2D eigenvalue weighted by molar-refractivity contribution is 0.0693. The van der Waals surface area contributed by atoms with Gasteiger partial charge in [-0.3, -0.25) is 4.98 Å². The highest BCUT2D eigenvalue weighted by Crippen LogP contribution is 2.40. The number of carboxylic acids is 1. The SMILES string of the molecule is O=C(O)c1cc(-n2c(-c3ccncc3)cc3c2CCc2ccccc2-3)ccc1O. The van der Waals surface area contributed by atoms with Crippen LogP contribution in [0.5, 0.6) is 5.75 Å². The van der Waals surface area contributed by atoms with E-state index in [1.54, 1.807) is 18.5 Å². The summed E-state index contributed by atoms with van der Waals surface area (Å²) < 4.78 is 2.10. The lowest BCUT2D eigenvalue weighted by atomic mass is 9.90. The second kappa shape index (κ2) is 6.63. The summed E-state index contributed by atoms with van der Waals surface area (Å²) in [7, 11) is 0. The van der Waals surface area contributed by atoms with Crippen LogP contribution in [-0.2, 0) is 12.8 Å². The van der Waals surface area contributed by atoms with E-state index in [1.165, 1.54) is 23.3 Å². The van der Waals surface area contributed by atoms with E-state index < -0.39 is 5.97 Å². The quantitative estimate of drug-likeness (QED) is 0.538. The molecule has 0 radical (unpaired) electrons. The Morgan fingerprint density at radius 3 is 2.52 bits per heavy atom. The minimum absolute atomic E-state index is 0.109. The molecule has 0 bridgehead atoms. The number of aryl methyl sites for hydroxylation is 1. The molecule has 0 aliphatic heterocycles. The monoisotopic (exact) mass is 382 g/mol. The molecule has 2 aromatic carbocycles. The Morgan fingerprint density at radius 1 is 0.931 bits per heavy atom. The van der Waals surface area contributed by atoms with Crippen molar-refractivity contribution in [2.24, 2.45) is 0 Å². The van der Waals surface area contributed by atoms with Crippen LogP contribution in [0.15, 0.2) is 73.1 Å². The molecule has 5 heteroatoms. The third-order valence-corrected chi connectivity index (χ3v) is 5.49. The molecule has 0 spiro atoms. The van der Waals surface area contributed by atoms with Gasteiger partial charge in [0.1, 0.15) is 11.3 Å². The summed E-state index contributed by atoms with van der Waals surface area (Å²) in [6.45, 7) is 0. The first-order chi connectivity index (χ1) is 14.1. The molecule has 29 heavy (non-hydrogen) atoms. The molecule has 2 heterocycles. The number of rotatable bonds is 3. The predicted molar refractivity (Wildman–Crippen MR) is 110 cm³/mol. The Balaban J connectivity index is 1.81. The smallest absolute Gasteiger partial charge is 0.339 e. The fourth-order valence-electron chi connectivity index (χ4n) is 4.15. The van der Waals surface area contributed by atoms with Crippen molar-refractivity contribution in [1.29, 1.82) is 0 Å². The highest BCUT2D eigenvalue weighted by Gasteiger charge is 2.24. The Bertz CT molecular complexity index is 1240. The first-order valence-electron chi connectivity index (χ1n) is 9.43. The topological polar surface area (TPSA) is 75.3 Å². The lowest BCUT2D eigenvalue weighted by Gasteiger charge is -2.20. The highest BCUT2D eigenvalue weighted by atomic mass is 16.4. The zero-order chi connectivity index (χ0) is 20.0. The minimum Gasteiger partial charge on any atom is -0.507 e. The Labute approximate surface area is 167 Å². The number of carboxylic acid groups (broad SMARTS) is 1. The van der Waals surface area contributed by atoms with Crippen LogP contribution in [-0.4, -0.2) is 25.7 Å². The van der Waals surface area contributed by atoms with Gasteiger partial charge in [0.25, 0.3) is 0 Å². The van der Waals surface area contributed by atoms with E-state index in [0.29, 0.717) is 5.69 Å². The average molecular weight is 382 g/mol. The molecule has 0 saturated heterocycles. The van der Waals surface area contributed by atoms with Crippen molar-refractivity contribution in [3.63, 3.8) is 0 Å². The maximum atomic E-state index is 11.6. The van der Waals surface area contributed by atoms with Gasteiger partial charge in [-0.15, -0.1) is 0 Å². The fourth-order valence-corrected chi connectivity index (χ4v) is 4.15. The third kappa shape index (κ3) is 2.79. The highest BCUT2D eigenvalue weighted by molar-refractivity contribution is 5.91. The van der Waals surface area contributed by atoms with Crippen molar-refractivity contribution in [2.45, 2.75) is 12.8 Å². The van der Waals surface area contributed by atoms with E-state index in [0.717, 1.165) is 35.4 Å². The van der Waals surface area contributed by atoms with Gasteiger partial charge in [-0.2, -0.15) is 0 Å². The van der Waals surface area contributed by atoms with Crippen molar-refractivity contribution < 1.29 is 15.0 Å². The number of benzene rings is 2. The summed E-state index contributed by atoms with van der Waals surface area (Å²) in [5.41, 5.74) is 7.39. The number of carbonyl (C=O) groups is 1. The second-order valence-electron chi connectivity index (χ2n) is 7.12. The molecular formula is C24H18N2O3. The van der Waals surface area contributed by atoms with Gasteiger partial charge in [0.2, 0.25) is 0 Å². The maximum Gasteiger partial charge on any atom is 0.339 e. The fraction of sp³-hybridized carbons (Fsp3) is 0.0833. The summed E-state index contributed by atoms with van der Waals surface area (Å²) >= 11 is 0. The molecule has 4 aromatic rings. The van der Waals surface area contributed by atoms with Gasteiger partial charge in [0.15, 0.2) is 0 Å². The van der Waals surface area contributed by atoms with Crippen LogP contribution in [0.1, 0.15) is 21.6 Å². The number of aromatic carboxylic acids is 1. The first-order valence-corrected chi connectivity index (χ1v) is 9.43. The van der Waals surface area contributed by atoms with Crippen molar-refractivity contribution in [3.8, 4) is 33.8 Å². The number of phenols is 1. The molecule has 0 fully saturated rings. The van der Waals surface area contributed by atoms with Gasteiger partial charge in [0, 0.05) is 34.9 Å². The number of nitrogens with zero attached hydrogens (tertiary/aromatic N) is 2. The number of aromatic hydroxyl groups is 1. The molecule has 2 N–H and O–H groups in total. The summed E-state index contributed by atoms with van der Waals surface area (Å²) in [5, 5.41) is 19.4. The van der Waals surface area contributed by atoms with E-state index >= 15 is 0 Å². The minimum atomic E-state index is -1.15. The molecule has 0 atom stereocenters. The Hall–Kier alpha value is -3.86. The van der Waals surface area contributed by atoms with Gasteiger partial charge in [-0.05, 0) is 60.4 Å². The number of hydrogen-bond donors (Lipinski definition) is 2. The van der Waals surface area contributed by atoms with Crippen LogP contribution in [0.2, 0.25) is 0 Å². The van der Waals surface area contributed by atoms with Crippen LogP contribution in [0.3, 0.4) is 0 Å². The summed E-state index contributed by atoms with van der Waals surface area (Å²) in [6.07, 6.45) is 5.27. The normalized spacial score (nSPS) is 12.3. The van der Waals surface area contributed by atoms with Crippen LogP contribution in [0.4, 0.5) is 0 Å². The summed E-state index contributed by atoms with van der Waals surface area (Å²) in [5.74, 6) is -1.39. The summed E-state index contributed by atoms with van der Waals surface area (Å²) in [6, 6.07) is 19.2. The third-order valence-electron chi connectivity index (χ3n) is 5.49. The zero-order valence-electron chi connectivity index (χ0n) is 15.5. The molecule has 1 aliphatic carbocycles. The van der Waals surface area contributed by atoms with Crippen LogP contribution >= 0.6 is 0 Å². The van der Waals surface area contributed by atoms with E-state index in [-0.39, 0.29) is 11.3 Å². The predicted octanol–water partition coefficient (Wildman–Crippen LogP) is 4.71. The zero-order valence-corrected chi connectivity index (χ0v) is 15.5. The molecule has 0 unspecified atom stereocenters. The molecule has 5 rings (SSSR count). The molecular weight excluding hydrogens is 364 g/mol. The first kappa shape index (κ1) is 17.3. The van der Waals surface area contributed by atoms with Crippen molar-refractivity contribution in [2.75, 3.05) is 0 Å². The molecule has 5 nitrogen and oxygen atoms in total. The Morgan fingerprint density at radius 2 is 1.72 bits per heavy atom. The Kier molecular flexibility index (Phi) is 3.95. The number of aromatic nitrogens is 2. The largest absolute Gasteiger partial charge is 0.507 e. The van der Waals surface area contributed by atoms with Gasteiger partial charge in [-0.25, -0.2) is 4.79 Å². The van der Waals surface area contributed by atoms with Crippen molar-refractivity contribution >= 4 is 5.97 Å². The van der Waals surface area contributed by atoms with Gasteiger partial charge >= 0.3 is 5.97 Å². The molecule has 0 saturated carbocycles. The standard InChI is InChI=1S/C24H18N2O3/c27-23-8-6-17(13-20(23)24(28)29)26-21-7-5-15-3-1-2-4-18(15)19(21)14-22(26)16-9-11-25-12-10-16/h1-4,6,8-14,27H,5,7H2,(H,28,29). The van der Waals surface area contributed by atoms with Crippen LogP contribution < -0.4 is 0 Å². The number of pyridine rings is 1. The number of hydrogen-bond acceptors (Lipinski definition) is 3. The van der Waals surface area contributed by atoms with E-state index in [1.807, 2.05) is 18.2 Å². The van der Waals surface area contributed by atoms with Crippen molar-refractivity contribution in [1.82, 2.24) is 9.55 Å². The van der Waals surface area contributed by atoms with Crippen LogP contribution in [0, 0.1) is 0 Å². The van der Waals surface area contributed by atoms with E-state index in [4.69, 9.17) is 0 Å². The summed E-state index contributed by atoms with van der Waals surface area (Å²) in [4.78, 5) is 15.7. The van der Waals surface area contributed by atoms with Gasteiger partial charge in [-0.1, -0.05) is 24.3 Å². The number of fused-ring (bicyclic) bond motifs is 3. The van der Waals surface area contributed by atoms with Crippen molar-refractivity contribution in [3.05, 3.63) is 89.9 Å². The molecule has 1 aliphatic rings. The van der Waals surface area contributed by atoms with Gasteiger partial charge in [0.05, 0.1) is 5.69 Å². The molecule has 0 amide bonds. The van der Waals surface area contributed by atoms with E-state index in [2.05, 4.69) is 33.8 Å². The second-order valence-corrected chi connectivity index (χ2v) is 7.12. The van der Waals surface area contributed by atoms with E-state index in [9.17, 15) is 15.0 Å².